The lowest BCUT2D eigenvalue weighted by Crippen LogP contribution is -2.21. The number of fused-ring (bicyclic) bond motifs is 1. The maximum Gasteiger partial charge on any atom is 0.343 e. The van der Waals surface area contributed by atoms with E-state index >= 15 is 0 Å². The van der Waals surface area contributed by atoms with E-state index < -0.39 is 11.9 Å². The molecule has 0 radical (unpaired) electrons. The number of nitriles is 1. The van der Waals surface area contributed by atoms with Gasteiger partial charge < -0.3 is 19.9 Å². The molecule has 3 aromatic rings. The summed E-state index contributed by atoms with van der Waals surface area (Å²) in [6.45, 7) is 0. The molecule has 0 aliphatic carbocycles. The number of carbonyl (C=O) groups excluding carboxylic acids is 1. The van der Waals surface area contributed by atoms with Gasteiger partial charge in [-0.15, -0.1) is 0 Å². The Balaban J connectivity index is 1.69. The minimum atomic E-state index is -0.473. The number of ether oxygens (including phenoxy) is 3. The van der Waals surface area contributed by atoms with Crippen LogP contribution in [0.3, 0.4) is 0 Å². The maximum atomic E-state index is 12.3. The van der Waals surface area contributed by atoms with Crippen LogP contribution in [0.1, 0.15) is 27.4 Å². The molecule has 30 heavy (non-hydrogen) atoms. The first kappa shape index (κ1) is 19.1. The lowest BCUT2D eigenvalue weighted by molar-refractivity contribution is 0.0734. The number of benzene rings is 3. The van der Waals surface area contributed by atoms with Gasteiger partial charge in [0.1, 0.15) is 28.9 Å². The molecule has 0 aromatic heterocycles. The van der Waals surface area contributed by atoms with Gasteiger partial charge in [0.15, 0.2) is 0 Å². The van der Waals surface area contributed by atoms with Crippen LogP contribution in [-0.2, 0) is 0 Å². The largest absolute Gasteiger partial charge is 0.497 e. The molecule has 1 aliphatic rings. The summed E-state index contributed by atoms with van der Waals surface area (Å²) in [6.07, 6.45) is 0. The Bertz CT molecular complexity index is 1160. The second-order valence-electron chi connectivity index (χ2n) is 6.65. The van der Waals surface area contributed by atoms with Crippen molar-refractivity contribution in [3.05, 3.63) is 101 Å². The monoisotopic (exact) mass is 398 g/mol. The van der Waals surface area contributed by atoms with E-state index in [2.05, 4.69) is 6.07 Å². The fourth-order valence-corrected chi connectivity index (χ4v) is 3.38. The smallest absolute Gasteiger partial charge is 0.343 e. The van der Waals surface area contributed by atoms with Gasteiger partial charge in [-0.2, -0.15) is 5.26 Å². The first-order valence-corrected chi connectivity index (χ1v) is 9.23. The molecule has 2 N–H and O–H groups in total. The fraction of sp³-hybridized carbons (Fsp3) is 0.0833. The third-order valence-corrected chi connectivity index (χ3v) is 4.86. The molecule has 0 fully saturated rings. The average Bonchev–Trinajstić information content (AvgIpc) is 2.78. The Hall–Kier alpha value is -4.24. The van der Waals surface area contributed by atoms with Crippen LogP contribution in [0.2, 0.25) is 0 Å². The van der Waals surface area contributed by atoms with Crippen molar-refractivity contribution in [2.24, 2.45) is 5.73 Å². The lowest BCUT2D eigenvalue weighted by Gasteiger charge is -2.26. The molecule has 0 spiro atoms. The quantitative estimate of drug-likeness (QED) is 0.524. The van der Waals surface area contributed by atoms with Crippen LogP contribution < -0.4 is 19.9 Å². The molecular formula is C24H18N2O4. The first-order chi connectivity index (χ1) is 14.6. The highest BCUT2D eigenvalue weighted by Crippen LogP contribution is 2.43. The van der Waals surface area contributed by atoms with Gasteiger partial charge >= 0.3 is 5.97 Å². The van der Waals surface area contributed by atoms with Gasteiger partial charge in [-0.25, -0.2) is 4.79 Å². The molecule has 0 unspecified atom stereocenters. The lowest BCUT2D eigenvalue weighted by atomic mass is 9.83. The molecule has 3 aromatic carbocycles. The van der Waals surface area contributed by atoms with E-state index in [9.17, 15) is 10.1 Å². The molecule has 6 nitrogen and oxygen atoms in total. The van der Waals surface area contributed by atoms with Gasteiger partial charge in [0.05, 0.1) is 18.6 Å². The Kier molecular flexibility index (Phi) is 5.10. The van der Waals surface area contributed by atoms with Crippen LogP contribution in [0.5, 0.6) is 17.2 Å². The molecule has 0 bridgehead atoms. The van der Waals surface area contributed by atoms with Crippen LogP contribution in [0.4, 0.5) is 0 Å². The van der Waals surface area contributed by atoms with Crippen LogP contribution in [0.15, 0.2) is 84.3 Å². The SMILES string of the molecule is COc1ccc([C@@H]2C(C#N)=C(N)Oc3cc(OC(=O)c4ccccc4)ccc32)cc1. The van der Waals surface area contributed by atoms with Gasteiger partial charge in [0.25, 0.3) is 0 Å². The number of nitrogens with two attached hydrogens (primary N) is 1. The molecule has 0 amide bonds. The van der Waals surface area contributed by atoms with Gasteiger partial charge in [-0.05, 0) is 35.9 Å². The second kappa shape index (κ2) is 8.02. The third kappa shape index (κ3) is 3.56. The van der Waals surface area contributed by atoms with E-state index in [0.29, 0.717) is 28.4 Å². The number of nitrogens with zero attached hydrogens (tertiary/aromatic N) is 1. The summed E-state index contributed by atoms with van der Waals surface area (Å²) < 4.78 is 16.4. The highest BCUT2D eigenvalue weighted by Gasteiger charge is 2.31. The predicted octanol–water partition coefficient (Wildman–Crippen LogP) is 4.13. The summed E-state index contributed by atoms with van der Waals surface area (Å²) in [4.78, 5) is 12.3. The number of carbonyl (C=O) groups is 1. The number of allylic oxidation sites excluding steroid dienone is 1. The minimum Gasteiger partial charge on any atom is -0.497 e. The van der Waals surface area contributed by atoms with E-state index in [-0.39, 0.29) is 5.88 Å². The molecule has 1 heterocycles. The summed E-state index contributed by atoms with van der Waals surface area (Å²) in [5, 5.41) is 9.66. The van der Waals surface area contributed by atoms with E-state index in [0.717, 1.165) is 11.1 Å². The maximum absolute atomic E-state index is 12.3. The van der Waals surface area contributed by atoms with E-state index in [1.165, 1.54) is 0 Å². The number of esters is 1. The topological polar surface area (TPSA) is 94.6 Å². The summed E-state index contributed by atoms with van der Waals surface area (Å²) >= 11 is 0. The molecule has 4 rings (SSSR count). The normalized spacial score (nSPS) is 14.9. The van der Waals surface area contributed by atoms with Crippen molar-refractivity contribution in [2.45, 2.75) is 5.92 Å². The highest BCUT2D eigenvalue weighted by atomic mass is 16.5. The zero-order valence-corrected chi connectivity index (χ0v) is 16.2. The molecule has 148 valence electrons. The van der Waals surface area contributed by atoms with Gasteiger partial charge in [-0.1, -0.05) is 36.4 Å². The van der Waals surface area contributed by atoms with Crippen molar-refractivity contribution < 1.29 is 19.0 Å². The van der Waals surface area contributed by atoms with Crippen LogP contribution >= 0.6 is 0 Å². The van der Waals surface area contributed by atoms with Crippen LogP contribution in [0, 0.1) is 11.3 Å². The number of hydrogen-bond acceptors (Lipinski definition) is 6. The van der Waals surface area contributed by atoms with Gasteiger partial charge in [0, 0.05) is 11.6 Å². The van der Waals surface area contributed by atoms with Crippen molar-refractivity contribution in [3.8, 4) is 23.3 Å². The highest BCUT2D eigenvalue weighted by molar-refractivity contribution is 5.91. The van der Waals surface area contributed by atoms with E-state index in [4.69, 9.17) is 19.9 Å². The van der Waals surface area contributed by atoms with Gasteiger partial charge in [0.2, 0.25) is 5.88 Å². The summed E-state index contributed by atoms with van der Waals surface area (Å²) in [5.74, 6) is 0.625. The molecule has 0 saturated carbocycles. The zero-order valence-electron chi connectivity index (χ0n) is 16.2. The van der Waals surface area contributed by atoms with Crippen molar-refractivity contribution >= 4 is 5.97 Å². The fourth-order valence-electron chi connectivity index (χ4n) is 3.38. The Labute approximate surface area is 173 Å². The summed E-state index contributed by atoms with van der Waals surface area (Å²) in [7, 11) is 1.59. The molecule has 1 aliphatic heterocycles. The Morgan fingerprint density at radius 2 is 1.73 bits per heavy atom. The van der Waals surface area contributed by atoms with Crippen LogP contribution in [0.25, 0.3) is 0 Å². The summed E-state index contributed by atoms with van der Waals surface area (Å²) in [6, 6.07) is 23.3. The minimum absolute atomic E-state index is 0.0253. The molecule has 1 atom stereocenters. The number of hydrogen-bond donors (Lipinski definition) is 1. The average molecular weight is 398 g/mol. The standard InChI is InChI=1S/C24H18N2O4/c1-28-17-9-7-15(8-10-17)22-19-12-11-18(13-21(19)30-23(26)20(22)14-25)29-24(27)16-5-3-2-4-6-16/h2-13,22H,26H2,1H3/t22-/m0/s1. The Morgan fingerprint density at radius 3 is 2.40 bits per heavy atom. The van der Waals surface area contributed by atoms with Crippen LogP contribution in [-0.4, -0.2) is 13.1 Å². The number of rotatable bonds is 4. The number of methoxy groups -OCH3 is 1. The van der Waals surface area contributed by atoms with Crippen molar-refractivity contribution in [1.82, 2.24) is 0 Å². The third-order valence-electron chi connectivity index (χ3n) is 4.86. The summed E-state index contributed by atoms with van der Waals surface area (Å²) in [5.41, 5.74) is 8.42. The molecule has 6 heteroatoms. The zero-order chi connectivity index (χ0) is 21.1. The molecular weight excluding hydrogens is 380 g/mol. The van der Waals surface area contributed by atoms with Crippen molar-refractivity contribution in [1.29, 1.82) is 5.26 Å². The first-order valence-electron chi connectivity index (χ1n) is 9.23. The predicted molar refractivity (Wildman–Crippen MR) is 110 cm³/mol. The van der Waals surface area contributed by atoms with Gasteiger partial charge in [-0.3, -0.25) is 0 Å². The Morgan fingerprint density at radius 1 is 1.03 bits per heavy atom. The van der Waals surface area contributed by atoms with E-state index in [1.54, 1.807) is 49.6 Å². The molecule has 0 saturated heterocycles. The van der Waals surface area contributed by atoms with Crippen molar-refractivity contribution in [2.75, 3.05) is 7.11 Å². The second-order valence-corrected chi connectivity index (χ2v) is 6.65. The van der Waals surface area contributed by atoms with E-state index in [1.807, 2.05) is 30.3 Å². The van der Waals surface area contributed by atoms with Crippen molar-refractivity contribution in [3.63, 3.8) is 0 Å².